The van der Waals surface area contributed by atoms with Crippen LogP contribution < -0.4 is 16.0 Å². The van der Waals surface area contributed by atoms with Crippen LogP contribution in [-0.2, 0) is 14.3 Å². The van der Waals surface area contributed by atoms with Crippen molar-refractivity contribution >= 4 is 17.4 Å². The van der Waals surface area contributed by atoms with Gasteiger partial charge in [-0.1, -0.05) is 0 Å². The molecule has 1 aromatic rings. The first-order valence-corrected chi connectivity index (χ1v) is 6.40. The van der Waals surface area contributed by atoms with Crippen LogP contribution in [0.15, 0.2) is 18.3 Å². The summed E-state index contributed by atoms with van der Waals surface area (Å²) in [6.45, 7) is 2.62. The molecule has 0 aromatic carbocycles. The number of aromatic nitrogens is 1. The smallest absolute Gasteiger partial charge is 0.238 e. The minimum Gasteiger partial charge on any atom is -0.383 e. The Morgan fingerprint density at radius 2 is 1.95 bits per heavy atom. The molecule has 0 fully saturated rings. The average molecular weight is 282 g/mol. The molecule has 1 heterocycles. The van der Waals surface area contributed by atoms with Crippen LogP contribution in [0.1, 0.15) is 0 Å². The largest absolute Gasteiger partial charge is 0.383 e. The summed E-state index contributed by atoms with van der Waals surface area (Å²) in [4.78, 5) is 17.6. The summed E-state index contributed by atoms with van der Waals surface area (Å²) >= 11 is 0. The van der Waals surface area contributed by atoms with Gasteiger partial charge in [0.25, 0.3) is 0 Å². The predicted octanol–water partition coefficient (Wildman–Crippen LogP) is 0.0780. The highest BCUT2D eigenvalue weighted by molar-refractivity contribution is 5.91. The third-order valence-electron chi connectivity index (χ3n) is 2.67. The van der Waals surface area contributed by atoms with Crippen LogP contribution in [0.5, 0.6) is 0 Å². The first-order valence-electron chi connectivity index (χ1n) is 6.40. The fourth-order valence-electron chi connectivity index (χ4n) is 1.60. The van der Waals surface area contributed by atoms with Crippen molar-refractivity contribution in [3.8, 4) is 0 Å². The number of rotatable bonds is 9. The van der Waals surface area contributed by atoms with Crippen LogP contribution in [0.4, 0.5) is 11.5 Å². The summed E-state index contributed by atoms with van der Waals surface area (Å²) in [6.07, 6.45) is 1.61. The van der Waals surface area contributed by atoms with Gasteiger partial charge in [-0.25, -0.2) is 4.98 Å². The van der Waals surface area contributed by atoms with Crippen molar-refractivity contribution in [3.05, 3.63) is 18.3 Å². The highest BCUT2D eigenvalue weighted by Gasteiger charge is 2.08. The van der Waals surface area contributed by atoms with Crippen molar-refractivity contribution in [2.45, 2.75) is 0 Å². The van der Waals surface area contributed by atoms with E-state index in [1.54, 1.807) is 26.5 Å². The third-order valence-corrected chi connectivity index (χ3v) is 2.67. The molecule has 0 saturated carbocycles. The number of ether oxygens (including phenoxy) is 2. The zero-order valence-electron chi connectivity index (χ0n) is 12.0. The molecule has 1 amide bonds. The van der Waals surface area contributed by atoms with Crippen molar-refractivity contribution < 1.29 is 14.3 Å². The molecule has 112 valence electrons. The van der Waals surface area contributed by atoms with Crippen molar-refractivity contribution in [1.29, 1.82) is 0 Å². The van der Waals surface area contributed by atoms with Crippen LogP contribution in [0.2, 0.25) is 0 Å². The molecule has 0 aliphatic heterocycles. The van der Waals surface area contributed by atoms with Crippen LogP contribution >= 0.6 is 0 Å². The summed E-state index contributed by atoms with van der Waals surface area (Å²) in [5.74, 6) is 0.569. The molecular formula is C13H22N4O3. The van der Waals surface area contributed by atoms with Gasteiger partial charge in [0.1, 0.15) is 5.82 Å². The predicted molar refractivity (Wildman–Crippen MR) is 77.9 cm³/mol. The molecule has 0 radical (unpaired) electrons. The van der Waals surface area contributed by atoms with Crippen LogP contribution in [0.25, 0.3) is 0 Å². The van der Waals surface area contributed by atoms with Crippen LogP contribution in [0.3, 0.4) is 0 Å². The molecule has 20 heavy (non-hydrogen) atoms. The molecule has 0 spiro atoms. The van der Waals surface area contributed by atoms with Gasteiger partial charge in [0.05, 0.1) is 31.6 Å². The van der Waals surface area contributed by atoms with E-state index in [1.807, 2.05) is 6.07 Å². The molecule has 1 aromatic heterocycles. The summed E-state index contributed by atoms with van der Waals surface area (Å²) in [5.41, 5.74) is 5.87. The van der Waals surface area contributed by atoms with Gasteiger partial charge in [0.15, 0.2) is 0 Å². The van der Waals surface area contributed by atoms with E-state index in [9.17, 15) is 4.79 Å². The lowest BCUT2D eigenvalue weighted by molar-refractivity contribution is -0.114. The SMILES string of the molecule is COCCN(CCOC)c1ccc(NC(=O)CN)cn1. The van der Waals surface area contributed by atoms with Gasteiger partial charge in [0.2, 0.25) is 5.91 Å². The fraction of sp³-hybridized carbons (Fsp3) is 0.538. The number of anilines is 2. The number of hydrogen-bond acceptors (Lipinski definition) is 6. The second-order valence-corrected chi connectivity index (χ2v) is 4.13. The zero-order valence-corrected chi connectivity index (χ0v) is 12.0. The molecule has 0 bridgehead atoms. The number of nitrogens with one attached hydrogen (secondary N) is 1. The molecular weight excluding hydrogens is 260 g/mol. The Bertz CT molecular complexity index is 389. The Morgan fingerprint density at radius 1 is 1.30 bits per heavy atom. The Kier molecular flexibility index (Phi) is 7.56. The molecule has 7 nitrogen and oxygen atoms in total. The first-order chi connectivity index (χ1) is 9.71. The lowest BCUT2D eigenvalue weighted by Gasteiger charge is -2.23. The zero-order chi connectivity index (χ0) is 14.8. The van der Waals surface area contributed by atoms with Gasteiger partial charge in [-0.15, -0.1) is 0 Å². The number of carbonyl (C=O) groups is 1. The molecule has 1 rings (SSSR count). The highest BCUT2D eigenvalue weighted by Crippen LogP contribution is 2.14. The van der Waals surface area contributed by atoms with Crippen molar-refractivity contribution in [2.75, 3.05) is 57.3 Å². The highest BCUT2D eigenvalue weighted by atomic mass is 16.5. The number of nitrogens with two attached hydrogens (primary N) is 1. The average Bonchev–Trinajstić information content (AvgIpc) is 2.48. The molecule has 0 unspecified atom stereocenters. The summed E-state index contributed by atoms with van der Waals surface area (Å²) in [5, 5.41) is 2.65. The molecule has 0 saturated heterocycles. The van der Waals surface area contributed by atoms with E-state index in [1.165, 1.54) is 0 Å². The van der Waals surface area contributed by atoms with E-state index >= 15 is 0 Å². The number of amides is 1. The first kappa shape index (κ1) is 16.4. The van der Waals surface area contributed by atoms with Crippen molar-refractivity contribution in [3.63, 3.8) is 0 Å². The molecule has 0 aliphatic rings. The molecule has 0 atom stereocenters. The lowest BCUT2D eigenvalue weighted by Crippen LogP contribution is -2.31. The minimum atomic E-state index is -0.241. The number of methoxy groups -OCH3 is 2. The Hall–Kier alpha value is -1.70. The number of nitrogens with zero attached hydrogens (tertiary/aromatic N) is 2. The minimum absolute atomic E-state index is 0.0461. The fourth-order valence-corrected chi connectivity index (χ4v) is 1.60. The van der Waals surface area contributed by atoms with Gasteiger partial charge in [-0.05, 0) is 12.1 Å². The molecule has 7 heteroatoms. The Morgan fingerprint density at radius 3 is 2.40 bits per heavy atom. The Balaban J connectivity index is 2.68. The summed E-state index contributed by atoms with van der Waals surface area (Å²) in [6, 6.07) is 3.64. The van der Waals surface area contributed by atoms with E-state index in [4.69, 9.17) is 15.2 Å². The van der Waals surface area contributed by atoms with Crippen molar-refractivity contribution in [1.82, 2.24) is 4.98 Å². The maximum Gasteiger partial charge on any atom is 0.238 e. The summed E-state index contributed by atoms with van der Waals surface area (Å²) in [7, 11) is 3.32. The maximum absolute atomic E-state index is 11.2. The monoisotopic (exact) mass is 282 g/mol. The van der Waals surface area contributed by atoms with Gasteiger partial charge >= 0.3 is 0 Å². The van der Waals surface area contributed by atoms with Gasteiger partial charge in [-0.2, -0.15) is 0 Å². The number of carbonyl (C=O) groups excluding carboxylic acids is 1. The van der Waals surface area contributed by atoms with E-state index in [0.29, 0.717) is 18.9 Å². The Labute approximate surface area is 119 Å². The van der Waals surface area contributed by atoms with Gasteiger partial charge < -0.3 is 25.4 Å². The van der Waals surface area contributed by atoms with Crippen molar-refractivity contribution in [2.24, 2.45) is 5.73 Å². The van der Waals surface area contributed by atoms with E-state index in [-0.39, 0.29) is 12.5 Å². The molecule has 0 aliphatic carbocycles. The topological polar surface area (TPSA) is 89.7 Å². The van der Waals surface area contributed by atoms with Crippen LogP contribution in [0, 0.1) is 0 Å². The van der Waals surface area contributed by atoms with E-state index in [2.05, 4.69) is 15.2 Å². The van der Waals surface area contributed by atoms with Gasteiger partial charge in [0, 0.05) is 27.3 Å². The maximum atomic E-state index is 11.2. The lowest BCUT2D eigenvalue weighted by atomic mass is 10.3. The number of hydrogen-bond donors (Lipinski definition) is 2. The quantitative estimate of drug-likeness (QED) is 0.666. The summed E-state index contributed by atoms with van der Waals surface area (Å²) < 4.78 is 10.2. The normalized spacial score (nSPS) is 10.3. The second-order valence-electron chi connectivity index (χ2n) is 4.13. The third kappa shape index (κ3) is 5.52. The standard InChI is InChI=1S/C13H22N4O3/c1-19-7-5-17(6-8-20-2)12-4-3-11(10-15-12)16-13(18)9-14/h3-4,10H,5-9,14H2,1-2H3,(H,16,18). The second kappa shape index (κ2) is 9.24. The van der Waals surface area contributed by atoms with E-state index in [0.717, 1.165) is 18.9 Å². The molecule has 3 N–H and O–H groups in total. The van der Waals surface area contributed by atoms with E-state index < -0.39 is 0 Å². The van der Waals surface area contributed by atoms with Gasteiger partial charge in [-0.3, -0.25) is 4.79 Å². The number of pyridine rings is 1. The van der Waals surface area contributed by atoms with Crippen LogP contribution in [-0.4, -0.2) is 58.0 Å².